The van der Waals surface area contributed by atoms with E-state index in [1.54, 1.807) is 54.0 Å². The Morgan fingerprint density at radius 2 is 1.44 bits per heavy atom. The highest BCUT2D eigenvalue weighted by Crippen LogP contribution is 2.15. The van der Waals surface area contributed by atoms with Crippen LogP contribution in [0, 0.1) is 0 Å². The number of carbonyl (C=O) groups is 1. The van der Waals surface area contributed by atoms with Crippen LogP contribution in [0.25, 0.3) is 0 Å². The van der Waals surface area contributed by atoms with Crippen molar-refractivity contribution in [1.82, 2.24) is 29.7 Å². The molecular weight excluding hydrogens is 476 g/mol. The summed E-state index contributed by atoms with van der Waals surface area (Å²) in [5.74, 6) is 1.29. The van der Waals surface area contributed by atoms with Crippen LogP contribution in [0.1, 0.15) is 68.1 Å². The number of H-pyrrole nitrogens is 2. The summed E-state index contributed by atoms with van der Waals surface area (Å²) >= 11 is 0. The van der Waals surface area contributed by atoms with Gasteiger partial charge in [-0.3, -0.25) is 9.69 Å². The monoisotopic (exact) mass is 514 g/mol. The molecule has 0 spiro atoms. The molecule has 2 heterocycles. The van der Waals surface area contributed by atoms with Crippen LogP contribution in [0.15, 0.2) is 49.1 Å². The summed E-state index contributed by atoms with van der Waals surface area (Å²) in [4.78, 5) is 31.7. The third kappa shape index (κ3) is 8.30. The lowest BCUT2D eigenvalue weighted by molar-refractivity contribution is 0.0721. The third-order valence-corrected chi connectivity index (χ3v) is 7.80. The second-order valence-corrected chi connectivity index (χ2v) is 11.8. The van der Waals surface area contributed by atoms with Gasteiger partial charge in [-0.25, -0.2) is 18.4 Å². The van der Waals surface area contributed by atoms with Crippen molar-refractivity contribution in [1.29, 1.82) is 0 Å². The number of nitrogens with zero attached hydrogens (tertiary/aromatic N) is 4. The lowest BCUT2D eigenvalue weighted by atomic mass is 10.1. The van der Waals surface area contributed by atoms with E-state index in [9.17, 15) is 13.2 Å². The number of benzene rings is 1. The van der Waals surface area contributed by atoms with Gasteiger partial charge in [0.2, 0.25) is 0 Å². The highest BCUT2D eigenvalue weighted by Gasteiger charge is 2.20. The number of nitrogens with one attached hydrogen (secondary N) is 2. The van der Waals surface area contributed by atoms with Crippen molar-refractivity contribution in [3.8, 4) is 0 Å². The minimum Gasteiger partial charge on any atom is -0.347 e. The fourth-order valence-corrected chi connectivity index (χ4v) is 5.80. The summed E-state index contributed by atoms with van der Waals surface area (Å²) < 4.78 is 25.4. The molecule has 2 N–H and O–H groups in total. The molecule has 0 aliphatic rings. The molecule has 1 aromatic carbocycles. The highest BCUT2D eigenvalue weighted by atomic mass is 32.2. The lowest BCUT2D eigenvalue weighted by Gasteiger charge is -2.30. The second-order valence-electron chi connectivity index (χ2n) is 9.65. The number of amides is 1. The van der Waals surface area contributed by atoms with Gasteiger partial charge in [0, 0.05) is 42.4 Å². The minimum absolute atomic E-state index is 0.0257. The van der Waals surface area contributed by atoms with Gasteiger partial charge in [0.05, 0.1) is 24.6 Å². The Kier molecular flexibility index (Phi) is 9.83. The smallest absolute Gasteiger partial charge is 0.254 e. The predicted molar refractivity (Wildman–Crippen MR) is 141 cm³/mol. The number of imidazole rings is 2. The van der Waals surface area contributed by atoms with Crippen LogP contribution in [0.4, 0.5) is 0 Å². The number of sulfone groups is 1. The normalized spacial score (nSPS) is 12.1. The summed E-state index contributed by atoms with van der Waals surface area (Å²) in [5.41, 5.74) is 1.16. The molecule has 3 aromatic rings. The summed E-state index contributed by atoms with van der Waals surface area (Å²) in [6.45, 7) is 10.2. The van der Waals surface area contributed by atoms with Crippen LogP contribution in [0.2, 0.25) is 0 Å². The number of aromatic nitrogens is 4. The maximum atomic E-state index is 13.2. The van der Waals surface area contributed by atoms with E-state index in [1.165, 1.54) is 0 Å². The quantitative estimate of drug-likeness (QED) is 0.316. The van der Waals surface area contributed by atoms with Crippen LogP contribution in [0.5, 0.6) is 0 Å². The molecule has 36 heavy (non-hydrogen) atoms. The van der Waals surface area contributed by atoms with Crippen LogP contribution >= 0.6 is 0 Å². The van der Waals surface area contributed by atoms with Gasteiger partial charge in [-0.2, -0.15) is 0 Å². The third-order valence-electron chi connectivity index (χ3n) is 6.11. The summed E-state index contributed by atoms with van der Waals surface area (Å²) in [7, 11) is -3.23. The minimum atomic E-state index is -3.23. The van der Waals surface area contributed by atoms with Gasteiger partial charge in [0.25, 0.3) is 5.91 Å². The van der Waals surface area contributed by atoms with Gasteiger partial charge in [-0.05, 0) is 64.8 Å². The molecule has 196 valence electrons. The molecule has 10 heteroatoms. The molecule has 0 aliphatic carbocycles. The van der Waals surface area contributed by atoms with E-state index in [2.05, 4.69) is 52.5 Å². The fraction of sp³-hybridized carbons (Fsp3) is 0.500. The SMILES string of the molecule is CC(C)N(CCCCS(=O)(=O)Cc1ccc(C(=O)N(Cc2ncc[nH]2)Cc2ncc[nH]2)cc1)C(C)C. The maximum absolute atomic E-state index is 13.2. The van der Waals surface area contributed by atoms with E-state index in [0.29, 0.717) is 54.4 Å². The zero-order valence-electron chi connectivity index (χ0n) is 21.6. The Labute approximate surface area is 214 Å². The van der Waals surface area contributed by atoms with Crippen LogP contribution < -0.4 is 0 Å². The Morgan fingerprint density at radius 1 is 0.889 bits per heavy atom. The van der Waals surface area contributed by atoms with Crippen molar-refractivity contribution >= 4 is 15.7 Å². The van der Waals surface area contributed by atoms with E-state index in [-0.39, 0.29) is 17.4 Å². The maximum Gasteiger partial charge on any atom is 0.254 e. The first kappa shape index (κ1) is 27.6. The van der Waals surface area contributed by atoms with E-state index >= 15 is 0 Å². The number of hydrogen-bond acceptors (Lipinski definition) is 6. The van der Waals surface area contributed by atoms with Crippen molar-refractivity contribution in [2.24, 2.45) is 0 Å². The van der Waals surface area contributed by atoms with E-state index < -0.39 is 9.84 Å². The van der Waals surface area contributed by atoms with E-state index in [4.69, 9.17) is 0 Å². The van der Waals surface area contributed by atoms with Crippen molar-refractivity contribution in [3.05, 3.63) is 71.8 Å². The van der Waals surface area contributed by atoms with Gasteiger partial charge in [-0.1, -0.05) is 12.1 Å². The van der Waals surface area contributed by atoms with Gasteiger partial charge < -0.3 is 14.9 Å². The molecule has 0 atom stereocenters. The molecule has 0 radical (unpaired) electrons. The largest absolute Gasteiger partial charge is 0.347 e. The average Bonchev–Trinajstić information content (AvgIpc) is 3.52. The second kappa shape index (κ2) is 12.8. The molecule has 0 aliphatic heterocycles. The Balaban J connectivity index is 1.57. The average molecular weight is 515 g/mol. The number of hydrogen-bond donors (Lipinski definition) is 2. The molecular formula is C26H38N6O3S. The zero-order chi connectivity index (χ0) is 26.1. The van der Waals surface area contributed by atoms with Gasteiger partial charge in [-0.15, -0.1) is 0 Å². The molecule has 0 saturated carbocycles. The van der Waals surface area contributed by atoms with Gasteiger partial charge in [0.1, 0.15) is 11.6 Å². The first-order valence-electron chi connectivity index (χ1n) is 12.5. The molecule has 0 bridgehead atoms. The summed E-state index contributed by atoms with van der Waals surface area (Å²) in [6.07, 6.45) is 8.21. The molecule has 0 fully saturated rings. The number of carbonyl (C=O) groups excluding carboxylic acids is 1. The zero-order valence-corrected chi connectivity index (χ0v) is 22.5. The van der Waals surface area contributed by atoms with E-state index in [0.717, 1.165) is 13.0 Å². The standard InChI is InChI=1S/C26H38N6O3S/c1-20(2)32(21(3)4)15-5-6-16-36(34,35)19-22-7-9-23(10-8-22)26(33)31(17-24-27-11-12-28-24)18-25-29-13-14-30-25/h7-14,20-21H,5-6,15-19H2,1-4H3,(H,27,28)(H,29,30). The van der Waals surface area contributed by atoms with Crippen LogP contribution in [-0.4, -0.2) is 68.4 Å². The lowest BCUT2D eigenvalue weighted by Crippen LogP contribution is -2.37. The predicted octanol–water partition coefficient (Wildman–Crippen LogP) is 3.79. The number of rotatable bonds is 14. The first-order valence-corrected chi connectivity index (χ1v) is 14.3. The summed E-state index contributed by atoms with van der Waals surface area (Å²) in [5, 5.41) is 0. The topological polar surface area (TPSA) is 115 Å². The molecule has 1 amide bonds. The number of aromatic amines is 2. The molecule has 0 unspecified atom stereocenters. The Bertz CT molecular complexity index is 1110. The Hall–Kier alpha value is -2.98. The van der Waals surface area contributed by atoms with Crippen molar-refractivity contribution < 1.29 is 13.2 Å². The van der Waals surface area contributed by atoms with Crippen molar-refractivity contribution in [2.45, 2.75) is 71.5 Å². The van der Waals surface area contributed by atoms with Crippen molar-refractivity contribution in [3.63, 3.8) is 0 Å². The van der Waals surface area contributed by atoms with Crippen LogP contribution in [0.3, 0.4) is 0 Å². The van der Waals surface area contributed by atoms with Gasteiger partial charge >= 0.3 is 0 Å². The summed E-state index contributed by atoms with van der Waals surface area (Å²) in [6, 6.07) is 7.71. The molecule has 9 nitrogen and oxygen atoms in total. The van der Waals surface area contributed by atoms with Crippen LogP contribution in [-0.2, 0) is 28.7 Å². The number of unbranched alkanes of at least 4 members (excludes halogenated alkanes) is 1. The van der Waals surface area contributed by atoms with E-state index in [1.807, 2.05) is 0 Å². The Morgan fingerprint density at radius 3 is 1.92 bits per heavy atom. The fourth-order valence-electron chi connectivity index (χ4n) is 4.31. The van der Waals surface area contributed by atoms with Gasteiger partial charge in [0.15, 0.2) is 9.84 Å². The molecule has 2 aromatic heterocycles. The highest BCUT2D eigenvalue weighted by molar-refractivity contribution is 7.90. The molecule has 0 saturated heterocycles. The first-order chi connectivity index (χ1) is 17.1. The van der Waals surface area contributed by atoms with Crippen molar-refractivity contribution in [2.75, 3.05) is 12.3 Å². The molecule has 3 rings (SSSR count).